The Kier molecular flexibility index (Phi) is 5.70. The van der Waals surface area contributed by atoms with E-state index in [4.69, 9.17) is 0 Å². The number of carboxylic acid groups (broad SMARTS) is 1. The van der Waals surface area contributed by atoms with Crippen molar-refractivity contribution in [3.8, 4) is 0 Å². The molecule has 0 aromatic rings. The minimum Gasteiger partial charge on any atom is -0.480 e. The summed E-state index contributed by atoms with van der Waals surface area (Å²) >= 11 is 0. The van der Waals surface area contributed by atoms with Gasteiger partial charge in [-0.2, -0.15) is 0 Å². The molecule has 3 heteroatoms. The van der Waals surface area contributed by atoms with Crippen molar-refractivity contribution in [3.05, 3.63) is 0 Å². The molecule has 0 saturated heterocycles. The molecule has 0 amide bonds. The fourth-order valence-electron chi connectivity index (χ4n) is 4.43. The van der Waals surface area contributed by atoms with E-state index in [1.807, 2.05) is 0 Å². The Hall–Kier alpha value is -0.570. The molecular formula is C18H33NO2. The highest BCUT2D eigenvalue weighted by Crippen LogP contribution is 2.39. The van der Waals surface area contributed by atoms with Crippen molar-refractivity contribution in [3.63, 3.8) is 0 Å². The average molecular weight is 295 g/mol. The summed E-state index contributed by atoms with van der Waals surface area (Å²) in [4.78, 5) is 13.6. The van der Waals surface area contributed by atoms with Crippen LogP contribution in [-0.2, 0) is 4.79 Å². The third-order valence-corrected chi connectivity index (χ3v) is 5.74. The molecule has 2 atom stereocenters. The van der Waals surface area contributed by atoms with E-state index < -0.39 is 5.97 Å². The van der Waals surface area contributed by atoms with Gasteiger partial charge in [-0.15, -0.1) is 0 Å². The fourth-order valence-corrected chi connectivity index (χ4v) is 4.43. The Bertz CT molecular complexity index is 342. The number of aliphatic carboxylic acids is 1. The number of rotatable bonds is 4. The van der Waals surface area contributed by atoms with Crippen molar-refractivity contribution in [2.75, 3.05) is 6.54 Å². The number of carboxylic acids is 1. The molecule has 2 aliphatic rings. The number of hydrogen-bond acceptors (Lipinski definition) is 2. The zero-order valence-corrected chi connectivity index (χ0v) is 14.1. The van der Waals surface area contributed by atoms with Crippen LogP contribution < -0.4 is 0 Å². The van der Waals surface area contributed by atoms with Crippen molar-refractivity contribution in [1.29, 1.82) is 0 Å². The van der Waals surface area contributed by atoms with Crippen LogP contribution in [-0.4, -0.2) is 34.6 Å². The van der Waals surface area contributed by atoms with Crippen molar-refractivity contribution >= 4 is 5.97 Å². The first-order valence-corrected chi connectivity index (χ1v) is 8.85. The van der Waals surface area contributed by atoms with E-state index in [1.165, 1.54) is 57.8 Å². The minimum absolute atomic E-state index is 0.246. The molecule has 0 spiro atoms. The molecule has 0 heterocycles. The van der Waals surface area contributed by atoms with Crippen molar-refractivity contribution in [2.24, 2.45) is 11.3 Å². The maximum Gasteiger partial charge on any atom is 0.317 e. The molecule has 2 fully saturated rings. The Morgan fingerprint density at radius 3 is 2.10 bits per heavy atom. The zero-order valence-electron chi connectivity index (χ0n) is 14.1. The van der Waals surface area contributed by atoms with E-state index in [0.717, 1.165) is 5.92 Å². The topological polar surface area (TPSA) is 40.5 Å². The molecule has 2 saturated carbocycles. The lowest BCUT2D eigenvalue weighted by Crippen LogP contribution is -2.45. The van der Waals surface area contributed by atoms with Crippen LogP contribution in [0.1, 0.15) is 78.6 Å². The lowest BCUT2D eigenvalue weighted by Gasteiger charge is -2.35. The van der Waals surface area contributed by atoms with Crippen LogP contribution in [0.25, 0.3) is 0 Å². The summed E-state index contributed by atoms with van der Waals surface area (Å²) in [5.74, 6) is 0.135. The molecule has 2 unspecified atom stereocenters. The Labute approximate surface area is 130 Å². The molecule has 2 rings (SSSR count). The first-order chi connectivity index (χ1) is 9.88. The Morgan fingerprint density at radius 2 is 1.52 bits per heavy atom. The third kappa shape index (κ3) is 4.70. The summed E-state index contributed by atoms with van der Waals surface area (Å²) < 4.78 is 0. The van der Waals surface area contributed by atoms with Crippen LogP contribution in [0, 0.1) is 11.3 Å². The van der Waals surface area contributed by atoms with E-state index in [1.54, 1.807) is 0 Å². The van der Waals surface area contributed by atoms with Crippen LogP contribution >= 0.6 is 0 Å². The number of hydrogen-bond donors (Lipinski definition) is 1. The van der Waals surface area contributed by atoms with Gasteiger partial charge in [-0.3, -0.25) is 9.69 Å². The summed E-state index contributed by atoms with van der Waals surface area (Å²) in [7, 11) is 0. The molecule has 122 valence electrons. The van der Waals surface area contributed by atoms with Gasteiger partial charge >= 0.3 is 5.97 Å². The van der Waals surface area contributed by atoms with Gasteiger partial charge in [0.15, 0.2) is 0 Å². The van der Waals surface area contributed by atoms with Crippen molar-refractivity contribution < 1.29 is 9.90 Å². The van der Waals surface area contributed by atoms with Gasteiger partial charge in [0.2, 0.25) is 0 Å². The van der Waals surface area contributed by atoms with Crippen molar-refractivity contribution in [2.45, 2.75) is 90.6 Å². The molecule has 1 N–H and O–H groups in total. The van der Waals surface area contributed by atoms with E-state index >= 15 is 0 Å². The van der Waals surface area contributed by atoms with Gasteiger partial charge in [-0.05, 0) is 49.9 Å². The molecule has 2 aliphatic carbocycles. The second kappa shape index (κ2) is 7.13. The quantitative estimate of drug-likeness (QED) is 0.786. The molecule has 0 bridgehead atoms. The van der Waals surface area contributed by atoms with E-state index in [-0.39, 0.29) is 6.54 Å². The normalized spacial score (nSPS) is 28.8. The van der Waals surface area contributed by atoms with Crippen LogP contribution in [0.5, 0.6) is 0 Å². The average Bonchev–Trinajstić information content (AvgIpc) is 2.78. The molecule has 0 aliphatic heterocycles. The smallest absolute Gasteiger partial charge is 0.317 e. The number of carbonyl (C=O) groups is 1. The van der Waals surface area contributed by atoms with Crippen LogP contribution in [0.15, 0.2) is 0 Å². The van der Waals surface area contributed by atoms with Crippen LogP contribution in [0.4, 0.5) is 0 Å². The summed E-state index contributed by atoms with van der Waals surface area (Å²) in [6, 6.07) is 1.02. The maximum atomic E-state index is 11.3. The Morgan fingerprint density at radius 1 is 0.952 bits per heavy atom. The van der Waals surface area contributed by atoms with Gasteiger partial charge in [0.05, 0.1) is 6.54 Å². The summed E-state index contributed by atoms with van der Waals surface area (Å²) in [5, 5.41) is 9.28. The van der Waals surface area contributed by atoms with Gasteiger partial charge in [0.25, 0.3) is 0 Å². The lowest BCUT2D eigenvalue weighted by molar-refractivity contribution is -0.139. The van der Waals surface area contributed by atoms with E-state index in [0.29, 0.717) is 17.5 Å². The lowest BCUT2D eigenvalue weighted by atomic mass is 9.76. The third-order valence-electron chi connectivity index (χ3n) is 5.74. The zero-order chi connectivity index (χ0) is 15.5. The first-order valence-electron chi connectivity index (χ1n) is 8.85. The highest BCUT2D eigenvalue weighted by molar-refractivity contribution is 5.69. The summed E-state index contributed by atoms with van der Waals surface area (Å²) in [5.41, 5.74) is 0.389. The SMILES string of the molecule is CC(C)(C)C1CCCC(N(CC(=O)O)C2CCCC2)CC1. The van der Waals surface area contributed by atoms with Crippen molar-refractivity contribution in [1.82, 2.24) is 4.90 Å². The largest absolute Gasteiger partial charge is 0.480 e. The van der Waals surface area contributed by atoms with Crippen LogP contribution in [0.2, 0.25) is 0 Å². The maximum absolute atomic E-state index is 11.3. The highest BCUT2D eigenvalue weighted by Gasteiger charge is 2.34. The minimum atomic E-state index is -0.654. The van der Waals surface area contributed by atoms with E-state index in [9.17, 15) is 9.90 Å². The number of nitrogens with zero attached hydrogens (tertiary/aromatic N) is 1. The predicted octanol–water partition coefficient (Wildman–Crippen LogP) is 4.31. The van der Waals surface area contributed by atoms with Gasteiger partial charge < -0.3 is 5.11 Å². The molecule has 3 nitrogen and oxygen atoms in total. The molecule has 0 aromatic heterocycles. The highest BCUT2D eigenvalue weighted by atomic mass is 16.4. The fraction of sp³-hybridized carbons (Fsp3) is 0.944. The molecule has 0 aromatic carbocycles. The molecule has 21 heavy (non-hydrogen) atoms. The van der Waals surface area contributed by atoms with E-state index in [2.05, 4.69) is 25.7 Å². The summed E-state index contributed by atoms with van der Waals surface area (Å²) in [6.07, 6.45) is 11.2. The van der Waals surface area contributed by atoms with Gasteiger partial charge in [0.1, 0.15) is 0 Å². The van der Waals surface area contributed by atoms with Gasteiger partial charge in [-0.25, -0.2) is 0 Å². The molecular weight excluding hydrogens is 262 g/mol. The second-order valence-corrected chi connectivity index (χ2v) is 8.23. The Balaban J connectivity index is 2.01. The van der Waals surface area contributed by atoms with Gasteiger partial charge in [0, 0.05) is 12.1 Å². The predicted molar refractivity (Wildman–Crippen MR) is 86.4 cm³/mol. The standard InChI is InChI=1S/C18H33NO2/c1-18(2,3)14-7-6-10-16(12-11-14)19(13-17(20)21)15-8-4-5-9-15/h14-16H,4-13H2,1-3H3,(H,20,21). The second-order valence-electron chi connectivity index (χ2n) is 8.23. The van der Waals surface area contributed by atoms with Crippen LogP contribution in [0.3, 0.4) is 0 Å². The summed E-state index contributed by atoms with van der Waals surface area (Å²) in [6.45, 7) is 7.30. The monoisotopic (exact) mass is 295 g/mol. The molecule has 0 radical (unpaired) electrons. The van der Waals surface area contributed by atoms with Gasteiger partial charge in [-0.1, -0.05) is 40.0 Å². The first kappa shape index (κ1) is 16.8.